The second-order valence-corrected chi connectivity index (χ2v) is 8.14. The molecule has 2 aromatic heterocycles. The molecule has 7 nitrogen and oxygen atoms in total. The van der Waals surface area contributed by atoms with E-state index in [1.165, 1.54) is 6.33 Å². The molecule has 4 N–H and O–H groups in total. The first-order valence-corrected chi connectivity index (χ1v) is 10.7. The average Bonchev–Trinajstić information content (AvgIpc) is 3.44. The van der Waals surface area contributed by atoms with Crippen LogP contribution in [0.4, 0.5) is 5.82 Å². The summed E-state index contributed by atoms with van der Waals surface area (Å²) in [5.41, 5.74) is 15.8. The van der Waals surface area contributed by atoms with Crippen LogP contribution < -0.4 is 16.2 Å². The molecule has 0 aliphatic heterocycles. The minimum Gasteiger partial charge on any atom is -0.489 e. The molecule has 158 valence electrons. The fourth-order valence-electron chi connectivity index (χ4n) is 4.44. The summed E-state index contributed by atoms with van der Waals surface area (Å²) in [7, 11) is 0. The molecule has 0 radical (unpaired) electrons. The van der Waals surface area contributed by atoms with Crippen molar-refractivity contribution in [2.24, 2.45) is 11.7 Å². The number of nitrogens with zero attached hydrogens (tertiary/aromatic N) is 4. The standard InChI is InChI=1S/C24H26N6O/c25-13-17-9-10-19(11-17)24-29-21(22-23(26)27-15-28-30(22)24)18-7-4-8-20(12-18)31-14-16-5-2-1-3-6-16/h1-8,12,15,17,19H,9-11,13-14,25H2,(H2,26,27,28). The summed E-state index contributed by atoms with van der Waals surface area (Å²) in [6, 6.07) is 18.1. The molecule has 0 bridgehead atoms. The first kappa shape index (κ1) is 19.5. The summed E-state index contributed by atoms with van der Waals surface area (Å²) in [6.45, 7) is 1.22. The molecule has 0 spiro atoms. The Labute approximate surface area is 181 Å². The van der Waals surface area contributed by atoms with Gasteiger partial charge >= 0.3 is 0 Å². The lowest BCUT2D eigenvalue weighted by molar-refractivity contribution is 0.306. The quantitative estimate of drug-likeness (QED) is 0.497. The molecule has 2 heterocycles. The summed E-state index contributed by atoms with van der Waals surface area (Å²) < 4.78 is 7.88. The number of rotatable bonds is 6. The van der Waals surface area contributed by atoms with Crippen LogP contribution in [0.15, 0.2) is 60.9 Å². The molecule has 2 aromatic carbocycles. The van der Waals surface area contributed by atoms with Crippen LogP contribution in [0.2, 0.25) is 0 Å². The predicted octanol–water partition coefficient (Wildman–Crippen LogP) is 3.79. The van der Waals surface area contributed by atoms with Crippen molar-refractivity contribution in [3.8, 4) is 17.0 Å². The van der Waals surface area contributed by atoms with E-state index in [4.69, 9.17) is 21.2 Å². The number of nitrogen functional groups attached to an aromatic ring is 1. The normalized spacial score (nSPS) is 18.5. The summed E-state index contributed by atoms with van der Waals surface area (Å²) >= 11 is 0. The molecule has 1 aliphatic carbocycles. The van der Waals surface area contributed by atoms with Gasteiger partial charge < -0.3 is 16.2 Å². The van der Waals surface area contributed by atoms with E-state index >= 15 is 0 Å². The third kappa shape index (κ3) is 3.84. The fourth-order valence-corrected chi connectivity index (χ4v) is 4.44. The molecule has 2 unspecified atom stereocenters. The number of aromatic nitrogens is 4. The molecule has 0 saturated heterocycles. The lowest BCUT2D eigenvalue weighted by atomic mass is 10.0. The lowest BCUT2D eigenvalue weighted by Gasteiger charge is -2.08. The third-order valence-electron chi connectivity index (χ3n) is 6.08. The first-order chi connectivity index (χ1) is 15.2. The molecule has 1 saturated carbocycles. The molecular weight excluding hydrogens is 388 g/mol. The van der Waals surface area contributed by atoms with Crippen molar-refractivity contribution in [1.82, 2.24) is 19.6 Å². The highest BCUT2D eigenvalue weighted by molar-refractivity contribution is 5.85. The topological polar surface area (TPSA) is 104 Å². The molecule has 1 aliphatic rings. The van der Waals surface area contributed by atoms with Crippen LogP contribution in [0.3, 0.4) is 0 Å². The molecule has 31 heavy (non-hydrogen) atoms. The number of hydrogen-bond donors (Lipinski definition) is 2. The van der Waals surface area contributed by atoms with Crippen LogP contribution in [0.25, 0.3) is 16.8 Å². The Bertz CT molecular complexity index is 1190. The first-order valence-electron chi connectivity index (χ1n) is 10.7. The van der Waals surface area contributed by atoms with Crippen LogP contribution in [0.1, 0.15) is 36.6 Å². The number of fused-ring (bicyclic) bond motifs is 1. The van der Waals surface area contributed by atoms with Gasteiger partial charge in [0.25, 0.3) is 0 Å². The van der Waals surface area contributed by atoms with Gasteiger partial charge in [-0.25, -0.2) is 14.5 Å². The molecule has 5 rings (SSSR count). The second-order valence-electron chi connectivity index (χ2n) is 8.14. The van der Waals surface area contributed by atoms with Gasteiger partial charge in [-0.2, -0.15) is 5.10 Å². The summed E-state index contributed by atoms with van der Waals surface area (Å²) in [6.07, 6.45) is 4.70. The van der Waals surface area contributed by atoms with Crippen molar-refractivity contribution in [3.63, 3.8) is 0 Å². The van der Waals surface area contributed by atoms with Gasteiger partial charge in [0, 0.05) is 11.5 Å². The molecule has 1 fully saturated rings. The number of nitrogens with two attached hydrogens (primary N) is 2. The number of imidazole rings is 1. The maximum absolute atomic E-state index is 6.27. The van der Waals surface area contributed by atoms with Crippen molar-refractivity contribution < 1.29 is 4.74 Å². The van der Waals surface area contributed by atoms with Gasteiger partial charge in [-0.3, -0.25) is 0 Å². The largest absolute Gasteiger partial charge is 0.489 e. The maximum atomic E-state index is 6.27. The molecule has 2 atom stereocenters. The van der Waals surface area contributed by atoms with E-state index in [0.29, 0.717) is 30.8 Å². The lowest BCUT2D eigenvalue weighted by Crippen LogP contribution is -2.11. The Balaban J connectivity index is 1.50. The zero-order valence-corrected chi connectivity index (χ0v) is 17.3. The number of anilines is 1. The highest BCUT2D eigenvalue weighted by atomic mass is 16.5. The monoisotopic (exact) mass is 414 g/mol. The highest BCUT2D eigenvalue weighted by Crippen LogP contribution is 2.40. The van der Waals surface area contributed by atoms with Gasteiger partial charge in [-0.1, -0.05) is 42.5 Å². The van der Waals surface area contributed by atoms with Crippen LogP contribution in [-0.2, 0) is 6.61 Å². The minimum atomic E-state index is 0.321. The van der Waals surface area contributed by atoms with E-state index < -0.39 is 0 Å². The predicted molar refractivity (Wildman–Crippen MR) is 121 cm³/mol. The van der Waals surface area contributed by atoms with Crippen molar-refractivity contribution in [2.75, 3.05) is 12.3 Å². The van der Waals surface area contributed by atoms with E-state index in [0.717, 1.165) is 53.2 Å². The third-order valence-corrected chi connectivity index (χ3v) is 6.08. The zero-order chi connectivity index (χ0) is 21.2. The Kier molecular flexibility index (Phi) is 5.26. The van der Waals surface area contributed by atoms with Crippen LogP contribution in [0.5, 0.6) is 5.75 Å². The Hall–Kier alpha value is -3.45. The van der Waals surface area contributed by atoms with Crippen molar-refractivity contribution in [2.45, 2.75) is 31.8 Å². The van der Waals surface area contributed by atoms with Gasteiger partial charge in [-0.15, -0.1) is 0 Å². The van der Waals surface area contributed by atoms with Crippen LogP contribution >= 0.6 is 0 Å². The fraction of sp³-hybridized carbons (Fsp3) is 0.292. The molecule has 4 aromatic rings. The van der Waals surface area contributed by atoms with E-state index in [1.54, 1.807) is 0 Å². The Morgan fingerprint density at radius 2 is 1.94 bits per heavy atom. The van der Waals surface area contributed by atoms with Gasteiger partial charge in [0.2, 0.25) is 0 Å². The minimum absolute atomic E-state index is 0.321. The highest BCUT2D eigenvalue weighted by Gasteiger charge is 2.30. The smallest absolute Gasteiger partial charge is 0.153 e. The van der Waals surface area contributed by atoms with Crippen molar-refractivity contribution in [3.05, 3.63) is 72.3 Å². The Morgan fingerprint density at radius 3 is 2.74 bits per heavy atom. The SMILES string of the molecule is NCC1CCC(c2nc(-c3cccc(OCc4ccccc4)c3)c3c(N)ncnn23)C1. The summed E-state index contributed by atoms with van der Waals surface area (Å²) in [5.74, 6) is 3.00. The zero-order valence-electron chi connectivity index (χ0n) is 17.3. The number of benzene rings is 2. The van der Waals surface area contributed by atoms with E-state index in [9.17, 15) is 0 Å². The van der Waals surface area contributed by atoms with Gasteiger partial charge in [0.1, 0.15) is 35.7 Å². The molecule has 7 heteroatoms. The number of hydrogen-bond acceptors (Lipinski definition) is 6. The van der Waals surface area contributed by atoms with Crippen LogP contribution in [-0.4, -0.2) is 26.1 Å². The summed E-state index contributed by atoms with van der Waals surface area (Å²) in [5, 5.41) is 4.48. The van der Waals surface area contributed by atoms with E-state index in [-0.39, 0.29) is 0 Å². The van der Waals surface area contributed by atoms with Crippen molar-refractivity contribution in [1.29, 1.82) is 0 Å². The van der Waals surface area contributed by atoms with Gasteiger partial charge in [0.05, 0.1) is 0 Å². The van der Waals surface area contributed by atoms with Crippen molar-refractivity contribution >= 4 is 11.3 Å². The van der Waals surface area contributed by atoms with E-state index in [2.05, 4.69) is 10.1 Å². The van der Waals surface area contributed by atoms with Crippen LogP contribution in [0, 0.1) is 5.92 Å². The van der Waals surface area contributed by atoms with E-state index in [1.807, 2.05) is 59.1 Å². The van der Waals surface area contributed by atoms with Gasteiger partial charge in [-0.05, 0) is 49.4 Å². The van der Waals surface area contributed by atoms with Gasteiger partial charge in [0.15, 0.2) is 5.82 Å². The molecule has 0 amide bonds. The summed E-state index contributed by atoms with van der Waals surface area (Å²) in [4.78, 5) is 9.23. The maximum Gasteiger partial charge on any atom is 0.153 e. The average molecular weight is 415 g/mol. The number of ether oxygens (including phenoxy) is 1. The second kappa shape index (κ2) is 8.35. The Morgan fingerprint density at radius 1 is 1.06 bits per heavy atom. The molecular formula is C24H26N6O.